The van der Waals surface area contributed by atoms with Crippen LogP contribution < -0.4 is 9.86 Å². The Balaban J connectivity index is 1.74. The number of nitrogens with zero attached hydrogens (tertiary/aromatic N) is 5. The number of hydrogen-bond donors (Lipinski definition) is 2. The number of aromatic nitrogens is 5. The van der Waals surface area contributed by atoms with Gasteiger partial charge in [-0.15, -0.1) is 21.5 Å². The number of rotatable bonds is 10. The predicted molar refractivity (Wildman–Crippen MR) is 128 cm³/mol. The van der Waals surface area contributed by atoms with Crippen LogP contribution in [0.4, 0.5) is 0 Å². The molecule has 3 aromatic heterocycles. The summed E-state index contributed by atoms with van der Waals surface area (Å²) >= 11 is 1.12. The van der Waals surface area contributed by atoms with Gasteiger partial charge in [-0.1, -0.05) is 6.07 Å². The molecule has 36 heavy (non-hydrogen) atoms. The third-order valence-electron chi connectivity index (χ3n) is 4.98. The van der Waals surface area contributed by atoms with Gasteiger partial charge in [0, 0.05) is 18.8 Å². The van der Waals surface area contributed by atoms with E-state index in [-0.39, 0.29) is 23.2 Å². The van der Waals surface area contributed by atoms with Crippen LogP contribution in [0.1, 0.15) is 28.5 Å². The quantitative estimate of drug-likeness (QED) is 0.257. The van der Waals surface area contributed by atoms with Crippen LogP contribution in [-0.4, -0.2) is 60.6 Å². The summed E-state index contributed by atoms with van der Waals surface area (Å²) in [5.41, 5.74) is 2.29. The van der Waals surface area contributed by atoms with E-state index in [0.717, 1.165) is 29.6 Å². The highest BCUT2D eigenvalue weighted by Crippen LogP contribution is 2.37. The molecule has 4 aromatic rings. The van der Waals surface area contributed by atoms with Crippen molar-refractivity contribution in [2.45, 2.75) is 18.2 Å². The Morgan fingerprint density at radius 3 is 2.69 bits per heavy atom. The van der Waals surface area contributed by atoms with E-state index < -0.39 is 43.6 Å². The first-order valence-corrected chi connectivity index (χ1v) is 14.3. The monoisotopic (exact) mass is 555 g/mol. The van der Waals surface area contributed by atoms with Gasteiger partial charge >= 0.3 is 5.97 Å². The van der Waals surface area contributed by atoms with Crippen molar-refractivity contribution in [2.24, 2.45) is 12.2 Å². The lowest BCUT2D eigenvalue weighted by atomic mass is 10.1. The molecule has 0 bridgehead atoms. The van der Waals surface area contributed by atoms with Crippen molar-refractivity contribution in [3.05, 3.63) is 47.4 Å². The first-order chi connectivity index (χ1) is 16.9. The molecule has 0 saturated carbocycles. The van der Waals surface area contributed by atoms with E-state index in [1.165, 1.54) is 0 Å². The molecular formula is C19H21N7O7S3. The van der Waals surface area contributed by atoms with Gasteiger partial charge in [0.25, 0.3) is 10.2 Å². The topological polar surface area (TPSA) is 202 Å². The molecule has 1 atom stereocenters. The summed E-state index contributed by atoms with van der Waals surface area (Å²) in [4.78, 5) is 16.1. The Labute approximate surface area is 209 Å². The first-order valence-electron chi connectivity index (χ1n) is 10.2. The number of hydrogen-bond acceptors (Lipinski definition) is 12. The number of thiazole rings is 1. The van der Waals surface area contributed by atoms with E-state index in [0.29, 0.717) is 10.2 Å². The number of carbonyl (C=O) groups is 1. The van der Waals surface area contributed by atoms with Crippen LogP contribution >= 0.6 is 11.3 Å². The predicted octanol–water partition coefficient (Wildman–Crippen LogP) is 0.440. The van der Waals surface area contributed by atoms with E-state index in [1.54, 1.807) is 24.0 Å². The van der Waals surface area contributed by atoms with Gasteiger partial charge in [-0.25, -0.2) is 18.5 Å². The van der Waals surface area contributed by atoms with Gasteiger partial charge in [-0.2, -0.15) is 18.2 Å². The van der Waals surface area contributed by atoms with Gasteiger partial charge in [0.1, 0.15) is 5.01 Å². The van der Waals surface area contributed by atoms with Gasteiger partial charge in [0.15, 0.2) is 15.1 Å². The fourth-order valence-electron chi connectivity index (χ4n) is 3.27. The molecule has 192 valence electrons. The van der Waals surface area contributed by atoms with E-state index in [2.05, 4.69) is 25.0 Å². The molecule has 0 spiro atoms. The Bertz CT molecular complexity index is 1620. The van der Waals surface area contributed by atoms with Crippen molar-refractivity contribution in [1.82, 2.24) is 29.7 Å². The lowest BCUT2D eigenvalue weighted by molar-refractivity contribution is -0.140. The zero-order valence-corrected chi connectivity index (χ0v) is 21.4. The molecule has 0 amide bonds. The Kier molecular flexibility index (Phi) is 7.19. The van der Waals surface area contributed by atoms with Crippen molar-refractivity contribution < 1.29 is 30.8 Å². The Morgan fingerprint density at radius 2 is 2.03 bits per heavy atom. The highest BCUT2D eigenvalue weighted by Gasteiger charge is 2.37. The highest BCUT2D eigenvalue weighted by atomic mass is 32.2. The van der Waals surface area contributed by atoms with E-state index in [9.17, 15) is 21.6 Å². The summed E-state index contributed by atoms with van der Waals surface area (Å²) in [5.74, 6) is -1.79. The smallest absolute Gasteiger partial charge is 0.306 e. The maximum absolute atomic E-state index is 13.3. The number of nitrogens with two attached hydrogens (primary N) is 1. The van der Waals surface area contributed by atoms with Crippen LogP contribution in [0, 0.1) is 0 Å². The number of nitrogens with one attached hydrogen (secondary N) is 1. The van der Waals surface area contributed by atoms with E-state index in [1.807, 2.05) is 23.1 Å². The fourth-order valence-corrected chi connectivity index (χ4v) is 6.61. The zero-order chi connectivity index (χ0) is 26.1. The molecular weight excluding hydrogens is 534 g/mol. The minimum absolute atomic E-state index is 0.146. The second-order valence-electron chi connectivity index (χ2n) is 7.61. The minimum atomic E-state index is -4.10. The first kappa shape index (κ1) is 25.8. The number of fused-ring (bicyclic) bond motifs is 1. The molecule has 0 radical (unpaired) electrons. The molecule has 0 fully saturated rings. The van der Waals surface area contributed by atoms with Gasteiger partial charge < -0.3 is 9.15 Å². The molecule has 0 saturated heterocycles. The second-order valence-corrected chi connectivity index (χ2v) is 12.3. The van der Waals surface area contributed by atoms with Crippen LogP contribution in [-0.2, 0) is 43.2 Å². The molecule has 3 heterocycles. The van der Waals surface area contributed by atoms with Gasteiger partial charge in [0.2, 0.25) is 11.8 Å². The SMILES string of the molecule is COC(=O)CCS(=O)(=O)C(c1nnc(CNS(N)(=O)=O)o1)c1nc2ccc(-c3cnn(C)c3)cc2s1. The normalized spacial score (nSPS) is 13.2. The van der Waals surface area contributed by atoms with E-state index >= 15 is 0 Å². The molecule has 1 aromatic carbocycles. The largest absolute Gasteiger partial charge is 0.469 e. The average Bonchev–Trinajstić information content (AvgIpc) is 3.55. The van der Waals surface area contributed by atoms with Crippen LogP contribution in [0.3, 0.4) is 0 Å². The number of sulfone groups is 1. The van der Waals surface area contributed by atoms with E-state index in [4.69, 9.17) is 9.56 Å². The van der Waals surface area contributed by atoms with Gasteiger partial charge in [0.05, 0.1) is 42.2 Å². The standard InChI is InChI=1S/C19H21N7O7S3/c1-26-10-12(8-21-26)11-3-4-13-14(7-11)34-19(23-13)17(35(28,29)6-5-16(27)32-2)18-25-24-15(33-18)9-22-36(20,30)31/h3-4,7-8,10,17,22H,5-6,9H2,1-2H3,(H2,20,30,31). The molecule has 1 unspecified atom stereocenters. The molecule has 17 heteroatoms. The third-order valence-corrected chi connectivity index (χ3v) is 8.67. The average molecular weight is 556 g/mol. The summed E-state index contributed by atoms with van der Waals surface area (Å²) in [6, 6.07) is 5.46. The highest BCUT2D eigenvalue weighted by molar-refractivity contribution is 7.92. The zero-order valence-electron chi connectivity index (χ0n) is 19.0. The molecule has 3 N–H and O–H groups in total. The number of esters is 1. The van der Waals surface area contributed by atoms with Crippen LogP contribution in [0.15, 0.2) is 35.0 Å². The van der Waals surface area contributed by atoms with Crippen molar-refractivity contribution in [1.29, 1.82) is 0 Å². The maximum Gasteiger partial charge on any atom is 0.306 e. The second kappa shape index (κ2) is 10.0. The molecule has 0 aliphatic heterocycles. The van der Waals surface area contributed by atoms with Crippen molar-refractivity contribution in [3.63, 3.8) is 0 Å². The molecule has 0 aliphatic rings. The summed E-state index contributed by atoms with van der Waals surface area (Å²) in [6.45, 7) is -0.435. The number of carbonyl (C=O) groups excluding carboxylic acids is 1. The minimum Gasteiger partial charge on any atom is -0.469 e. The third kappa shape index (κ3) is 5.93. The van der Waals surface area contributed by atoms with Crippen LogP contribution in [0.25, 0.3) is 21.3 Å². The van der Waals surface area contributed by atoms with Crippen molar-refractivity contribution in [2.75, 3.05) is 12.9 Å². The maximum atomic E-state index is 13.3. The van der Waals surface area contributed by atoms with Crippen LogP contribution in [0.5, 0.6) is 0 Å². The van der Waals surface area contributed by atoms with Gasteiger partial charge in [-0.05, 0) is 17.7 Å². The Hall–Kier alpha value is -3.25. The fraction of sp³-hybridized carbons (Fsp3) is 0.316. The number of ether oxygens (including phenoxy) is 1. The summed E-state index contributed by atoms with van der Waals surface area (Å²) in [6.07, 6.45) is 3.16. The summed E-state index contributed by atoms with van der Waals surface area (Å²) < 4.78 is 63.4. The van der Waals surface area contributed by atoms with Crippen molar-refractivity contribution >= 4 is 47.6 Å². The number of aryl methyl sites for hydroxylation is 1. The molecule has 0 aliphatic carbocycles. The Morgan fingerprint density at radius 1 is 1.25 bits per heavy atom. The lowest BCUT2D eigenvalue weighted by Gasteiger charge is -2.11. The number of benzene rings is 1. The number of methoxy groups -OCH3 is 1. The molecule has 4 rings (SSSR count). The molecule has 14 nitrogen and oxygen atoms in total. The van der Waals surface area contributed by atoms with Crippen LogP contribution in [0.2, 0.25) is 0 Å². The van der Waals surface area contributed by atoms with Crippen molar-refractivity contribution in [3.8, 4) is 11.1 Å². The summed E-state index contributed by atoms with van der Waals surface area (Å²) in [7, 11) is -5.18. The van der Waals surface area contributed by atoms with Gasteiger partial charge in [-0.3, -0.25) is 9.48 Å². The lowest BCUT2D eigenvalue weighted by Crippen LogP contribution is -2.30. The summed E-state index contributed by atoms with van der Waals surface area (Å²) in [5, 5.41) is 15.3.